The van der Waals surface area contributed by atoms with Gasteiger partial charge in [0.2, 0.25) is 5.91 Å². The highest BCUT2D eigenvalue weighted by atomic mass is 19.1. The monoisotopic (exact) mass is 291 g/mol. The predicted molar refractivity (Wildman–Crippen MR) is 77.1 cm³/mol. The molecule has 1 heterocycles. The van der Waals surface area contributed by atoms with Crippen LogP contribution in [0.4, 0.5) is 10.1 Å². The van der Waals surface area contributed by atoms with Gasteiger partial charge in [0.25, 0.3) is 0 Å². The van der Waals surface area contributed by atoms with E-state index in [1.54, 1.807) is 6.07 Å². The van der Waals surface area contributed by atoms with Gasteiger partial charge < -0.3 is 15.2 Å². The molecule has 0 radical (unpaired) electrons. The second kappa shape index (κ2) is 7.21. The summed E-state index contributed by atoms with van der Waals surface area (Å²) in [5.41, 5.74) is 0.657. The van der Waals surface area contributed by atoms with Gasteiger partial charge in [-0.3, -0.25) is 4.79 Å². The number of amides is 1. The fraction of sp³-hybridized carbons (Fsp3) is 0.438. The third kappa shape index (κ3) is 4.28. The van der Waals surface area contributed by atoms with Gasteiger partial charge in [0, 0.05) is 12.1 Å². The fourth-order valence-electron chi connectivity index (χ4n) is 2.15. The Labute approximate surface area is 123 Å². The quantitative estimate of drug-likeness (QED) is 0.837. The Morgan fingerprint density at radius 2 is 2.38 bits per heavy atom. The first-order chi connectivity index (χ1) is 10.1. The van der Waals surface area contributed by atoms with Crippen molar-refractivity contribution in [2.75, 3.05) is 18.5 Å². The summed E-state index contributed by atoms with van der Waals surface area (Å²) in [7, 11) is 0. The van der Waals surface area contributed by atoms with Crippen LogP contribution in [0.25, 0.3) is 0 Å². The van der Waals surface area contributed by atoms with E-state index in [9.17, 15) is 9.18 Å². The summed E-state index contributed by atoms with van der Waals surface area (Å²) in [4.78, 5) is 12.0. The third-order valence-electron chi connectivity index (χ3n) is 3.27. The summed E-state index contributed by atoms with van der Waals surface area (Å²) in [6.45, 7) is 2.28. The lowest BCUT2D eigenvalue weighted by Gasteiger charge is -2.09. The minimum Gasteiger partial charge on any atom is -0.395 e. The van der Waals surface area contributed by atoms with Crippen molar-refractivity contribution in [3.05, 3.63) is 29.6 Å². The molecule has 112 valence electrons. The van der Waals surface area contributed by atoms with Crippen LogP contribution >= 0.6 is 0 Å². The van der Waals surface area contributed by atoms with Crippen LogP contribution in [0.5, 0.6) is 0 Å². The molecule has 0 bridgehead atoms. The molecule has 0 aromatic heterocycles. The van der Waals surface area contributed by atoms with Gasteiger partial charge in [0.05, 0.1) is 30.8 Å². The van der Waals surface area contributed by atoms with Crippen molar-refractivity contribution in [3.63, 3.8) is 0 Å². The van der Waals surface area contributed by atoms with Gasteiger partial charge in [0.1, 0.15) is 5.82 Å². The fourth-order valence-corrected chi connectivity index (χ4v) is 2.15. The summed E-state index contributed by atoms with van der Waals surface area (Å²) in [6, 6.07) is 4.38. The van der Waals surface area contributed by atoms with E-state index in [1.165, 1.54) is 12.1 Å². The largest absolute Gasteiger partial charge is 0.395 e. The normalized spacial score (nSPS) is 20.7. The Hall–Kier alpha value is -1.90. The van der Waals surface area contributed by atoms with E-state index >= 15 is 0 Å². The zero-order chi connectivity index (χ0) is 15.2. The average molecular weight is 291 g/mol. The molecule has 2 N–H and O–H groups in total. The first-order valence-electron chi connectivity index (χ1n) is 6.92. The van der Waals surface area contributed by atoms with E-state index in [0.717, 1.165) is 0 Å². The number of carbonyl (C=O) groups is 1. The Kier molecular flexibility index (Phi) is 5.32. The molecule has 2 unspecified atom stereocenters. The average Bonchev–Trinajstić information content (AvgIpc) is 2.88. The minimum atomic E-state index is -0.491. The molecule has 2 rings (SSSR count). The number of aliphatic hydroxyl groups is 1. The van der Waals surface area contributed by atoms with Crippen LogP contribution in [0.15, 0.2) is 18.2 Å². The van der Waals surface area contributed by atoms with Crippen LogP contribution in [0.3, 0.4) is 0 Å². The molecule has 1 aliphatic heterocycles. The molecule has 4 nitrogen and oxygen atoms in total. The van der Waals surface area contributed by atoms with Gasteiger partial charge >= 0.3 is 0 Å². The highest BCUT2D eigenvalue weighted by Gasteiger charge is 2.28. The van der Waals surface area contributed by atoms with E-state index in [1.807, 2.05) is 6.92 Å². The van der Waals surface area contributed by atoms with Crippen molar-refractivity contribution >= 4 is 11.6 Å². The Morgan fingerprint density at radius 3 is 3.00 bits per heavy atom. The van der Waals surface area contributed by atoms with Crippen LogP contribution in [-0.2, 0) is 9.53 Å². The van der Waals surface area contributed by atoms with Crippen LogP contribution in [0.2, 0.25) is 0 Å². The first kappa shape index (κ1) is 15.5. The summed E-state index contributed by atoms with van der Waals surface area (Å²) in [5.74, 6) is 4.46. The molecule has 1 amide bonds. The number of hydrogen-bond donors (Lipinski definition) is 2. The number of aliphatic hydroxyl groups excluding tert-OH is 1. The smallest absolute Gasteiger partial charge is 0.229 e. The van der Waals surface area contributed by atoms with E-state index in [2.05, 4.69) is 17.2 Å². The Balaban J connectivity index is 2.00. The lowest BCUT2D eigenvalue weighted by molar-refractivity contribution is -0.119. The SMILES string of the molecule is CC1CC(C(=O)Nc2ccc(C#CCCO)c(F)c2)CO1. The molecule has 1 fully saturated rings. The predicted octanol–water partition coefficient (Wildman–Crippen LogP) is 1.92. The molecule has 1 saturated heterocycles. The maximum absolute atomic E-state index is 13.8. The maximum atomic E-state index is 13.8. The summed E-state index contributed by atoms with van der Waals surface area (Å²) >= 11 is 0. The highest BCUT2D eigenvalue weighted by molar-refractivity contribution is 5.92. The second-order valence-corrected chi connectivity index (χ2v) is 5.04. The number of benzene rings is 1. The molecule has 0 saturated carbocycles. The van der Waals surface area contributed by atoms with Crippen LogP contribution in [0, 0.1) is 23.6 Å². The van der Waals surface area contributed by atoms with Gasteiger partial charge in [-0.05, 0) is 31.5 Å². The van der Waals surface area contributed by atoms with Crippen molar-refractivity contribution in [1.82, 2.24) is 0 Å². The molecule has 1 aromatic carbocycles. The minimum absolute atomic E-state index is 0.0510. The summed E-state index contributed by atoms with van der Waals surface area (Å²) < 4.78 is 19.2. The zero-order valence-electron chi connectivity index (χ0n) is 11.9. The van der Waals surface area contributed by atoms with Crippen molar-refractivity contribution in [2.24, 2.45) is 5.92 Å². The molecular weight excluding hydrogens is 273 g/mol. The van der Waals surface area contributed by atoms with E-state index in [-0.39, 0.29) is 30.1 Å². The number of anilines is 1. The topological polar surface area (TPSA) is 58.6 Å². The van der Waals surface area contributed by atoms with Crippen molar-refractivity contribution in [1.29, 1.82) is 0 Å². The molecule has 2 atom stereocenters. The zero-order valence-corrected chi connectivity index (χ0v) is 11.9. The number of carbonyl (C=O) groups excluding carboxylic acids is 1. The van der Waals surface area contributed by atoms with Crippen LogP contribution < -0.4 is 5.32 Å². The number of rotatable bonds is 3. The number of nitrogens with one attached hydrogen (secondary N) is 1. The van der Waals surface area contributed by atoms with Gasteiger partial charge in [0.15, 0.2) is 0 Å². The molecular formula is C16H18FNO3. The Morgan fingerprint density at radius 1 is 1.57 bits per heavy atom. The molecule has 5 heteroatoms. The number of halogens is 1. The maximum Gasteiger partial charge on any atom is 0.229 e. The number of ether oxygens (including phenoxy) is 1. The second-order valence-electron chi connectivity index (χ2n) is 5.04. The molecule has 0 aliphatic carbocycles. The van der Waals surface area contributed by atoms with Gasteiger partial charge in [-0.2, -0.15) is 0 Å². The Bertz CT molecular complexity index is 577. The summed E-state index contributed by atoms with van der Waals surface area (Å²) in [5, 5.41) is 11.3. The van der Waals surface area contributed by atoms with E-state index < -0.39 is 5.82 Å². The lowest BCUT2D eigenvalue weighted by atomic mass is 10.1. The van der Waals surface area contributed by atoms with Gasteiger partial charge in [-0.25, -0.2) is 4.39 Å². The molecule has 0 spiro atoms. The molecule has 1 aliphatic rings. The van der Waals surface area contributed by atoms with Gasteiger partial charge in [-0.15, -0.1) is 0 Å². The standard InChI is InChI=1S/C16H18FNO3/c1-11-8-13(10-21-11)16(20)18-14-6-5-12(15(17)9-14)4-2-3-7-19/h5-6,9,11,13,19H,3,7-8,10H2,1H3,(H,18,20). The van der Waals surface area contributed by atoms with Crippen LogP contribution in [0.1, 0.15) is 25.3 Å². The highest BCUT2D eigenvalue weighted by Crippen LogP contribution is 2.21. The first-order valence-corrected chi connectivity index (χ1v) is 6.92. The number of hydrogen-bond acceptors (Lipinski definition) is 3. The van der Waals surface area contributed by atoms with Crippen molar-refractivity contribution in [2.45, 2.75) is 25.9 Å². The van der Waals surface area contributed by atoms with Crippen molar-refractivity contribution in [3.8, 4) is 11.8 Å². The third-order valence-corrected chi connectivity index (χ3v) is 3.27. The van der Waals surface area contributed by atoms with E-state index in [0.29, 0.717) is 25.1 Å². The molecule has 21 heavy (non-hydrogen) atoms. The van der Waals surface area contributed by atoms with Gasteiger partial charge in [-0.1, -0.05) is 11.8 Å². The van der Waals surface area contributed by atoms with Crippen molar-refractivity contribution < 1.29 is 19.0 Å². The summed E-state index contributed by atoms with van der Waals surface area (Å²) in [6.07, 6.45) is 1.07. The lowest BCUT2D eigenvalue weighted by Crippen LogP contribution is -2.23. The van der Waals surface area contributed by atoms with E-state index in [4.69, 9.17) is 9.84 Å². The molecule has 1 aromatic rings. The van der Waals surface area contributed by atoms with Crippen LogP contribution in [-0.4, -0.2) is 30.3 Å².